The first kappa shape index (κ1) is 24.3. The fraction of sp³-hybridized carbons (Fsp3) is 0. The lowest BCUT2D eigenvalue weighted by molar-refractivity contribution is -0.117. The topological polar surface area (TPSA) is 96.9 Å². The van der Waals surface area contributed by atoms with Crippen molar-refractivity contribution in [1.82, 2.24) is 10.7 Å². The molecule has 4 aromatic rings. The fourth-order valence-corrected chi connectivity index (χ4v) is 3.70. The molecule has 0 fully saturated rings. The molecule has 4 rings (SSSR count). The Kier molecular flexibility index (Phi) is 8.14. The van der Waals surface area contributed by atoms with Gasteiger partial charge in [0.15, 0.2) is 0 Å². The minimum absolute atomic E-state index is 0.0617. The molecule has 0 bridgehead atoms. The van der Waals surface area contributed by atoms with Crippen LogP contribution in [0.5, 0.6) is 5.75 Å². The van der Waals surface area contributed by atoms with Crippen LogP contribution in [0.15, 0.2) is 113 Å². The van der Waals surface area contributed by atoms with Crippen LogP contribution in [0.4, 0.5) is 0 Å². The maximum atomic E-state index is 12.8. The number of ether oxygens (including phenoxy) is 1. The molecule has 0 radical (unpaired) electrons. The van der Waals surface area contributed by atoms with Crippen molar-refractivity contribution in [2.45, 2.75) is 0 Å². The molecule has 0 aliphatic rings. The standard InChI is InChI=1S/C28H21N3O4S/c32-26(21-8-3-1-4-9-21)30-25(18-24-12-7-17-36-24)27(33)31-29-19-20-13-15-23(16-14-20)35-28(34)22-10-5-2-6-11-22/h1-19H,(H,30,32)(H,31,33). The SMILES string of the molecule is O=C(NN=Cc1ccc(OC(=O)c2ccccc2)cc1)C(=Cc1cccs1)NC(=O)c1ccccc1. The van der Waals surface area contributed by atoms with E-state index in [9.17, 15) is 14.4 Å². The Hall–Kier alpha value is -4.82. The molecular weight excluding hydrogens is 474 g/mol. The molecule has 0 atom stereocenters. The zero-order chi connectivity index (χ0) is 25.2. The van der Waals surface area contributed by atoms with Crippen LogP contribution >= 0.6 is 11.3 Å². The van der Waals surface area contributed by atoms with E-state index in [4.69, 9.17) is 4.74 Å². The van der Waals surface area contributed by atoms with Crippen molar-refractivity contribution >= 4 is 41.4 Å². The van der Waals surface area contributed by atoms with Gasteiger partial charge in [-0.3, -0.25) is 9.59 Å². The van der Waals surface area contributed by atoms with Crippen LogP contribution < -0.4 is 15.5 Å². The summed E-state index contributed by atoms with van der Waals surface area (Å²) >= 11 is 1.43. The molecule has 1 heterocycles. The molecule has 0 saturated heterocycles. The second-order valence-corrected chi connectivity index (χ2v) is 8.40. The second-order valence-electron chi connectivity index (χ2n) is 7.42. The Bertz CT molecular complexity index is 1380. The minimum atomic E-state index is -0.572. The highest BCUT2D eigenvalue weighted by Gasteiger charge is 2.14. The average molecular weight is 496 g/mol. The summed E-state index contributed by atoms with van der Waals surface area (Å²) < 4.78 is 5.35. The van der Waals surface area contributed by atoms with Crippen molar-refractivity contribution in [2.24, 2.45) is 5.10 Å². The van der Waals surface area contributed by atoms with E-state index in [-0.39, 0.29) is 5.70 Å². The van der Waals surface area contributed by atoms with Crippen molar-refractivity contribution in [3.63, 3.8) is 0 Å². The molecular formula is C28H21N3O4S. The molecule has 0 saturated carbocycles. The predicted molar refractivity (Wildman–Crippen MR) is 140 cm³/mol. The Morgan fingerprint density at radius 2 is 1.44 bits per heavy atom. The molecule has 178 valence electrons. The number of carbonyl (C=O) groups excluding carboxylic acids is 3. The molecule has 7 nitrogen and oxygen atoms in total. The third kappa shape index (κ3) is 6.85. The highest BCUT2D eigenvalue weighted by atomic mass is 32.1. The smallest absolute Gasteiger partial charge is 0.343 e. The van der Waals surface area contributed by atoms with E-state index in [1.54, 1.807) is 84.9 Å². The number of esters is 1. The molecule has 0 aliphatic heterocycles. The normalized spacial score (nSPS) is 11.2. The van der Waals surface area contributed by atoms with Gasteiger partial charge in [-0.2, -0.15) is 5.10 Å². The van der Waals surface area contributed by atoms with Gasteiger partial charge >= 0.3 is 5.97 Å². The van der Waals surface area contributed by atoms with E-state index in [1.807, 2.05) is 23.6 Å². The summed E-state index contributed by atoms with van der Waals surface area (Å²) in [4.78, 5) is 38.3. The number of benzene rings is 3. The number of thiophene rings is 1. The van der Waals surface area contributed by atoms with Gasteiger partial charge in [0.2, 0.25) is 0 Å². The van der Waals surface area contributed by atoms with Crippen LogP contribution in [0.25, 0.3) is 6.08 Å². The van der Waals surface area contributed by atoms with E-state index in [2.05, 4.69) is 15.8 Å². The van der Waals surface area contributed by atoms with Gasteiger partial charge in [0.1, 0.15) is 11.4 Å². The average Bonchev–Trinajstić information content (AvgIpc) is 3.43. The molecule has 1 aromatic heterocycles. The summed E-state index contributed by atoms with van der Waals surface area (Å²) in [6.07, 6.45) is 3.04. The van der Waals surface area contributed by atoms with Crippen molar-refractivity contribution in [3.8, 4) is 5.75 Å². The van der Waals surface area contributed by atoms with E-state index in [1.165, 1.54) is 17.6 Å². The lowest BCUT2D eigenvalue weighted by atomic mass is 10.2. The second kappa shape index (κ2) is 12.0. The highest BCUT2D eigenvalue weighted by Crippen LogP contribution is 2.15. The number of nitrogens with zero attached hydrogens (tertiary/aromatic N) is 1. The fourth-order valence-electron chi connectivity index (χ4n) is 3.05. The van der Waals surface area contributed by atoms with Crippen molar-refractivity contribution < 1.29 is 19.1 Å². The number of hydrogen-bond donors (Lipinski definition) is 2. The molecule has 0 spiro atoms. The van der Waals surface area contributed by atoms with E-state index in [0.717, 1.165) is 4.88 Å². The minimum Gasteiger partial charge on any atom is -0.423 e. The highest BCUT2D eigenvalue weighted by molar-refractivity contribution is 7.10. The van der Waals surface area contributed by atoms with Gasteiger partial charge in [0.05, 0.1) is 11.8 Å². The van der Waals surface area contributed by atoms with Gasteiger partial charge < -0.3 is 10.1 Å². The van der Waals surface area contributed by atoms with Crippen LogP contribution in [-0.4, -0.2) is 24.0 Å². The summed E-state index contributed by atoms with van der Waals surface area (Å²) in [6.45, 7) is 0. The van der Waals surface area contributed by atoms with Crippen LogP contribution in [0, 0.1) is 0 Å². The molecule has 2 amide bonds. The summed E-state index contributed by atoms with van der Waals surface area (Å²) in [5, 5.41) is 8.52. The first-order chi connectivity index (χ1) is 17.6. The molecule has 3 aromatic carbocycles. The lowest BCUT2D eigenvalue weighted by Crippen LogP contribution is -2.32. The van der Waals surface area contributed by atoms with Crippen LogP contribution in [0.2, 0.25) is 0 Å². The van der Waals surface area contributed by atoms with Gasteiger partial charge in [-0.25, -0.2) is 10.2 Å². The Labute approximate surface area is 211 Å². The molecule has 0 unspecified atom stereocenters. The van der Waals surface area contributed by atoms with Gasteiger partial charge in [-0.05, 0) is 71.6 Å². The Morgan fingerprint density at radius 3 is 2.08 bits per heavy atom. The number of nitrogens with one attached hydrogen (secondary N) is 2. The van der Waals surface area contributed by atoms with Crippen molar-refractivity contribution in [1.29, 1.82) is 0 Å². The number of rotatable bonds is 8. The third-order valence-corrected chi connectivity index (χ3v) is 5.66. The predicted octanol–water partition coefficient (Wildman–Crippen LogP) is 4.89. The van der Waals surface area contributed by atoms with Gasteiger partial charge in [-0.1, -0.05) is 42.5 Å². The van der Waals surface area contributed by atoms with E-state index < -0.39 is 17.8 Å². The Morgan fingerprint density at radius 1 is 0.778 bits per heavy atom. The van der Waals surface area contributed by atoms with E-state index in [0.29, 0.717) is 22.4 Å². The Balaban J connectivity index is 1.38. The number of carbonyl (C=O) groups is 3. The number of amides is 2. The lowest BCUT2D eigenvalue weighted by Gasteiger charge is -2.08. The first-order valence-corrected chi connectivity index (χ1v) is 11.8. The van der Waals surface area contributed by atoms with E-state index >= 15 is 0 Å². The monoisotopic (exact) mass is 495 g/mol. The summed E-state index contributed by atoms with van der Waals surface area (Å²) in [6, 6.07) is 27.7. The summed E-state index contributed by atoms with van der Waals surface area (Å²) in [5.41, 5.74) is 4.06. The quantitative estimate of drug-likeness (QED) is 0.120. The van der Waals surface area contributed by atoms with Gasteiger partial charge in [0, 0.05) is 10.4 Å². The number of hydrazone groups is 1. The molecule has 0 aliphatic carbocycles. The zero-order valence-electron chi connectivity index (χ0n) is 19.0. The van der Waals surface area contributed by atoms with Crippen LogP contribution in [0.3, 0.4) is 0 Å². The van der Waals surface area contributed by atoms with Crippen LogP contribution in [0.1, 0.15) is 31.2 Å². The third-order valence-electron chi connectivity index (χ3n) is 4.84. The maximum absolute atomic E-state index is 12.8. The van der Waals surface area contributed by atoms with Crippen LogP contribution in [-0.2, 0) is 4.79 Å². The largest absolute Gasteiger partial charge is 0.423 e. The van der Waals surface area contributed by atoms with Crippen molar-refractivity contribution in [2.75, 3.05) is 0 Å². The zero-order valence-corrected chi connectivity index (χ0v) is 19.8. The van der Waals surface area contributed by atoms with Gasteiger partial charge in [0.25, 0.3) is 11.8 Å². The molecule has 2 N–H and O–H groups in total. The molecule has 8 heteroatoms. The number of hydrogen-bond acceptors (Lipinski definition) is 6. The summed E-state index contributed by atoms with van der Waals surface area (Å²) in [5.74, 6) is -1.04. The first-order valence-electron chi connectivity index (χ1n) is 10.9. The van der Waals surface area contributed by atoms with Crippen molar-refractivity contribution in [3.05, 3.63) is 130 Å². The molecule has 36 heavy (non-hydrogen) atoms. The van der Waals surface area contributed by atoms with Gasteiger partial charge in [-0.15, -0.1) is 11.3 Å². The summed E-state index contributed by atoms with van der Waals surface area (Å²) in [7, 11) is 0. The maximum Gasteiger partial charge on any atom is 0.343 e.